The van der Waals surface area contributed by atoms with Gasteiger partial charge in [0.25, 0.3) is 10.1 Å². The van der Waals surface area contributed by atoms with Crippen LogP contribution in [0.2, 0.25) is 0 Å². The lowest BCUT2D eigenvalue weighted by Crippen LogP contribution is -2.56. The summed E-state index contributed by atoms with van der Waals surface area (Å²) in [4.78, 5) is 50.7. The van der Waals surface area contributed by atoms with Gasteiger partial charge in [0.15, 0.2) is 0 Å². The van der Waals surface area contributed by atoms with Crippen molar-refractivity contribution in [3.8, 4) is 0 Å². The zero-order valence-corrected chi connectivity index (χ0v) is 25.0. The molecule has 0 bridgehead atoms. The van der Waals surface area contributed by atoms with Crippen molar-refractivity contribution in [1.82, 2.24) is 20.3 Å². The molecule has 3 fully saturated rings. The summed E-state index contributed by atoms with van der Waals surface area (Å²) >= 11 is 0. The van der Waals surface area contributed by atoms with Crippen molar-refractivity contribution < 1.29 is 50.4 Å². The predicted molar refractivity (Wildman–Crippen MR) is 144 cm³/mol. The summed E-state index contributed by atoms with van der Waals surface area (Å²) < 4.78 is 62.4. The Morgan fingerprint density at radius 3 is 2.20 bits per heavy atom. The molecule has 15 nitrogen and oxygen atoms in total. The number of alkyl carbamates (subject to hydrolysis) is 1. The summed E-state index contributed by atoms with van der Waals surface area (Å²) in [5.74, 6) is -3.51. The Bertz CT molecular complexity index is 1220. The van der Waals surface area contributed by atoms with E-state index in [-0.39, 0.29) is 24.2 Å². The first-order valence-electron chi connectivity index (χ1n) is 13.6. The summed E-state index contributed by atoms with van der Waals surface area (Å²) in [6.45, 7) is 4.71. The van der Waals surface area contributed by atoms with Gasteiger partial charge in [0, 0.05) is 25.6 Å². The van der Waals surface area contributed by atoms with Crippen molar-refractivity contribution >= 4 is 43.8 Å². The zero-order chi connectivity index (χ0) is 30.8. The third kappa shape index (κ3) is 8.83. The van der Waals surface area contributed by atoms with E-state index in [0.717, 1.165) is 0 Å². The molecule has 1 spiro atoms. The molecule has 0 aromatic heterocycles. The topological polar surface area (TPSA) is 226 Å². The van der Waals surface area contributed by atoms with Crippen molar-refractivity contribution in [1.29, 1.82) is 0 Å². The predicted octanol–water partition coefficient (Wildman–Crippen LogP) is -0.882. The molecule has 41 heavy (non-hydrogen) atoms. The molecule has 4 atom stereocenters. The van der Waals surface area contributed by atoms with E-state index >= 15 is 0 Å². The first-order valence-corrected chi connectivity index (χ1v) is 16.9. The van der Waals surface area contributed by atoms with Crippen LogP contribution in [0, 0.1) is 17.3 Å². The quantitative estimate of drug-likeness (QED) is 0.168. The molecule has 1 unspecified atom stereocenters. The Morgan fingerprint density at radius 2 is 1.71 bits per heavy atom. The molecule has 0 aromatic carbocycles. The van der Waals surface area contributed by atoms with Crippen LogP contribution in [-0.2, 0) is 39.3 Å². The van der Waals surface area contributed by atoms with Crippen LogP contribution in [0.5, 0.6) is 0 Å². The lowest BCUT2D eigenvalue weighted by atomic mass is 9.62. The van der Waals surface area contributed by atoms with E-state index in [9.17, 15) is 41.1 Å². The monoisotopic (exact) mass is 624 g/mol. The Kier molecular flexibility index (Phi) is 10.4. The van der Waals surface area contributed by atoms with Gasteiger partial charge >= 0.3 is 6.09 Å². The molecule has 2 saturated heterocycles. The number of piperidine rings is 1. The summed E-state index contributed by atoms with van der Waals surface area (Å²) in [5, 5.41) is 17.2. The first kappa shape index (κ1) is 33.2. The molecule has 3 amide bonds. The number of carbonyl (C=O) groups is 4. The standard InChI is InChI=1S/C24H40N4O11S2/c1-14(2)10-18(27-23(33)39-16-12-24(13-16)5-8-28(9-6-24)40(3,34)35)21(31)26-17(11-15-4-7-25-20(15)30)19(29)22(32)41(36,37)38/h14-18,22,32H,4-13H2,1-3H3,(H,25,30)(H,26,31)(H,27,33)(H,36,37,38)/t15-,17+,18+,22?/m1/s1. The summed E-state index contributed by atoms with van der Waals surface area (Å²) in [7, 11) is -8.45. The second-order valence-electron chi connectivity index (χ2n) is 11.8. The highest BCUT2D eigenvalue weighted by Crippen LogP contribution is 2.50. The van der Waals surface area contributed by atoms with Crippen LogP contribution < -0.4 is 16.0 Å². The van der Waals surface area contributed by atoms with Gasteiger partial charge in [0.1, 0.15) is 12.1 Å². The Labute approximate surface area is 239 Å². The minimum Gasteiger partial charge on any atom is -0.446 e. The molecule has 17 heteroatoms. The van der Waals surface area contributed by atoms with E-state index < -0.39 is 73.4 Å². The molecule has 2 aliphatic heterocycles. The molecule has 1 saturated carbocycles. The number of nitrogens with zero attached hydrogens (tertiary/aromatic N) is 1. The van der Waals surface area contributed by atoms with Crippen LogP contribution in [0.4, 0.5) is 4.79 Å². The zero-order valence-electron chi connectivity index (χ0n) is 23.4. The van der Waals surface area contributed by atoms with Gasteiger partial charge < -0.3 is 25.8 Å². The number of aliphatic hydroxyl groups is 1. The van der Waals surface area contributed by atoms with Gasteiger partial charge in [-0.1, -0.05) is 13.8 Å². The minimum absolute atomic E-state index is 0.101. The molecule has 5 N–H and O–H groups in total. The highest BCUT2D eigenvalue weighted by molar-refractivity contribution is 7.88. The largest absolute Gasteiger partial charge is 0.446 e. The lowest BCUT2D eigenvalue weighted by Gasteiger charge is -2.50. The maximum Gasteiger partial charge on any atom is 0.408 e. The number of rotatable bonds is 12. The highest BCUT2D eigenvalue weighted by Gasteiger charge is 2.49. The van der Waals surface area contributed by atoms with Gasteiger partial charge in [0.2, 0.25) is 33.1 Å². The van der Waals surface area contributed by atoms with Crippen LogP contribution in [0.1, 0.15) is 58.8 Å². The van der Waals surface area contributed by atoms with Crippen LogP contribution in [0.3, 0.4) is 0 Å². The van der Waals surface area contributed by atoms with E-state index in [4.69, 9.17) is 9.29 Å². The molecule has 2 heterocycles. The normalized spacial score (nSPS) is 23.8. The van der Waals surface area contributed by atoms with E-state index in [0.29, 0.717) is 51.7 Å². The van der Waals surface area contributed by atoms with Gasteiger partial charge in [-0.05, 0) is 56.3 Å². The summed E-state index contributed by atoms with van der Waals surface area (Å²) in [6.07, 6.45) is 2.46. The van der Waals surface area contributed by atoms with Crippen LogP contribution in [-0.4, -0.2) is 104 Å². The fraction of sp³-hybridized carbons (Fsp3) is 0.833. The number of hydrogen-bond donors (Lipinski definition) is 5. The molecule has 0 aromatic rings. The van der Waals surface area contributed by atoms with Gasteiger partial charge in [-0.2, -0.15) is 8.42 Å². The summed E-state index contributed by atoms with van der Waals surface area (Å²) in [6, 6.07) is -2.82. The van der Waals surface area contributed by atoms with Crippen LogP contribution in [0.15, 0.2) is 0 Å². The minimum atomic E-state index is -5.19. The molecule has 1 aliphatic carbocycles. The van der Waals surface area contributed by atoms with E-state index in [1.165, 1.54) is 10.6 Å². The van der Waals surface area contributed by atoms with Crippen molar-refractivity contribution in [3.05, 3.63) is 0 Å². The Hall–Kier alpha value is -2.34. The fourth-order valence-corrected chi connectivity index (χ4v) is 7.02. The summed E-state index contributed by atoms with van der Waals surface area (Å²) in [5.41, 5.74) is -2.93. The van der Waals surface area contributed by atoms with Crippen molar-refractivity contribution in [3.63, 3.8) is 0 Å². The smallest absolute Gasteiger partial charge is 0.408 e. The number of hydrogen-bond acceptors (Lipinski definition) is 10. The van der Waals surface area contributed by atoms with E-state index in [2.05, 4.69) is 16.0 Å². The third-order valence-electron chi connectivity index (χ3n) is 8.03. The fourth-order valence-electron chi connectivity index (χ4n) is 5.71. The number of Topliss-reactive ketones (excluding diaryl/α,β-unsaturated/α-hetero) is 1. The van der Waals surface area contributed by atoms with Crippen LogP contribution >= 0.6 is 0 Å². The Morgan fingerprint density at radius 1 is 1.10 bits per heavy atom. The number of carbonyl (C=O) groups excluding carboxylic acids is 4. The lowest BCUT2D eigenvalue weighted by molar-refractivity contribution is -0.132. The van der Waals surface area contributed by atoms with Crippen LogP contribution in [0.25, 0.3) is 0 Å². The number of aliphatic hydroxyl groups excluding tert-OH is 1. The number of nitrogens with one attached hydrogen (secondary N) is 3. The van der Waals surface area contributed by atoms with Crippen molar-refractivity contribution in [2.75, 3.05) is 25.9 Å². The molecular formula is C24H40N4O11S2. The molecule has 3 aliphatic rings. The van der Waals surface area contributed by atoms with Gasteiger partial charge in [-0.25, -0.2) is 17.5 Å². The first-order chi connectivity index (χ1) is 18.9. The maximum atomic E-state index is 13.2. The average Bonchev–Trinajstić information content (AvgIpc) is 3.24. The number of sulfonamides is 1. The van der Waals surface area contributed by atoms with Gasteiger partial charge in [-0.3, -0.25) is 18.9 Å². The number of ether oxygens (including phenoxy) is 1. The van der Waals surface area contributed by atoms with Crippen molar-refractivity contribution in [2.45, 2.75) is 82.4 Å². The van der Waals surface area contributed by atoms with E-state index in [1.807, 2.05) is 0 Å². The third-order valence-corrected chi connectivity index (χ3v) is 10.1. The second kappa shape index (κ2) is 12.9. The Balaban J connectivity index is 1.61. The SMILES string of the molecule is CC(C)C[C@H](NC(=O)OC1CC2(CCN(S(C)(=O)=O)CC2)C1)C(=O)N[C@@H](C[C@H]1CCNC1=O)C(=O)C(O)S(=O)(=O)O. The number of amides is 3. The van der Waals surface area contributed by atoms with Crippen molar-refractivity contribution in [2.24, 2.45) is 17.3 Å². The van der Waals surface area contributed by atoms with Gasteiger partial charge in [0.05, 0.1) is 12.3 Å². The van der Waals surface area contributed by atoms with E-state index in [1.54, 1.807) is 13.8 Å². The highest BCUT2D eigenvalue weighted by atomic mass is 32.2. The molecule has 3 rings (SSSR count). The van der Waals surface area contributed by atoms with Gasteiger partial charge in [-0.15, -0.1) is 0 Å². The average molecular weight is 625 g/mol. The number of ketones is 1. The molecule has 234 valence electrons. The molecular weight excluding hydrogens is 584 g/mol. The second-order valence-corrected chi connectivity index (χ2v) is 15.2. The maximum absolute atomic E-state index is 13.2. The molecule has 0 radical (unpaired) electrons.